The van der Waals surface area contributed by atoms with E-state index in [0.29, 0.717) is 19.4 Å². The van der Waals surface area contributed by atoms with Crippen LogP contribution in [0.4, 0.5) is 0 Å². The summed E-state index contributed by atoms with van der Waals surface area (Å²) < 4.78 is 6.87. The van der Waals surface area contributed by atoms with Crippen LogP contribution < -0.4 is 0 Å². The first-order chi connectivity index (χ1) is 9.11. The molecule has 0 radical (unpaired) electrons. The molecule has 2 rings (SSSR count). The van der Waals surface area contributed by atoms with E-state index in [2.05, 4.69) is 4.74 Å². The molecule has 0 saturated carbocycles. The Balaban J connectivity index is 1.91. The van der Waals surface area contributed by atoms with Crippen LogP contribution in [0.1, 0.15) is 22.5 Å². The van der Waals surface area contributed by atoms with Crippen molar-refractivity contribution in [1.29, 1.82) is 0 Å². The molecule has 1 amide bonds. The number of ether oxygens (including phenoxy) is 1. The summed E-state index contributed by atoms with van der Waals surface area (Å²) in [6.45, 7) is 0.555. The number of rotatable bonds is 5. The van der Waals surface area contributed by atoms with Crippen molar-refractivity contribution in [2.45, 2.75) is 12.8 Å². The van der Waals surface area contributed by atoms with Gasteiger partial charge in [-0.2, -0.15) is 0 Å². The number of nitrogens with zero attached hydrogens (tertiary/aromatic N) is 1. The topological polar surface area (TPSA) is 46.6 Å². The lowest BCUT2D eigenvalue weighted by Crippen LogP contribution is -2.27. The average molecular weight is 297 g/mol. The highest BCUT2D eigenvalue weighted by Crippen LogP contribution is 2.30. The molecule has 0 aliphatic carbocycles. The molecule has 2 aromatic heterocycles. The minimum Gasteiger partial charge on any atom is -0.469 e. The predicted molar refractivity (Wildman–Crippen MR) is 77.9 cm³/mol. The molecule has 0 atom stereocenters. The minimum atomic E-state index is -0.238. The Bertz CT molecular complexity index is 559. The van der Waals surface area contributed by atoms with E-state index in [4.69, 9.17) is 0 Å². The predicted octanol–water partition coefficient (Wildman–Crippen LogP) is 2.99. The van der Waals surface area contributed by atoms with E-state index < -0.39 is 0 Å². The maximum absolute atomic E-state index is 12.2. The molecule has 2 heterocycles. The summed E-state index contributed by atoms with van der Waals surface area (Å²) in [6, 6.07) is 3.96. The van der Waals surface area contributed by atoms with Crippen molar-refractivity contribution in [3.8, 4) is 0 Å². The van der Waals surface area contributed by atoms with Gasteiger partial charge in [-0.15, -0.1) is 22.7 Å². The number of carbonyl (C=O) groups is 2. The monoisotopic (exact) mass is 297 g/mol. The zero-order valence-corrected chi connectivity index (χ0v) is 12.5. The summed E-state index contributed by atoms with van der Waals surface area (Å²) >= 11 is 3.15. The van der Waals surface area contributed by atoms with Crippen LogP contribution in [0.3, 0.4) is 0 Å². The Kier molecular flexibility index (Phi) is 4.55. The number of esters is 1. The summed E-state index contributed by atoms with van der Waals surface area (Å²) in [5, 5.41) is 2.02. The molecule has 0 bridgehead atoms. The van der Waals surface area contributed by atoms with E-state index in [-0.39, 0.29) is 11.9 Å². The number of fused-ring (bicyclic) bond motifs is 1. The van der Waals surface area contributed by atoms with Gasteiger partial charge in [0.1, 0.15) is 0 Å². The fourth-order valence-electron chi connectivity index (χ4n) is 1.72. The van der Waals surface area contributed by atoms with Crippen LogP contribution in [-0.4, -0.2) is 37.5 Å². The molecule has 0 aliphatic rings. The van der Waals surface area contributed by atoms with Crippen LogP contribution in [0.15, 0.2) is 17.5 Å². The maximum atomic E-state index is 12.2. The third-order valence-electron chi connectivity index (χ3n) is 2.80. The number of carbonyl (C=O) groups excluding carboxylic acids is 2. The van der Waals surface area contributed by atoms with Gasteiger partial charge in [-0.05, 0) is 23.9 Å². The highest BCUT2D eigenvalue weighted by atomic mass is 32.1. The third kappa shape index (κ3) is 3.33. The van der Waals surface area contributed by atoms with Crippen molar-refractivity contribution in [2.75, 3.05) is 20.7 Å². The summed E-state index contributed by atoms with van der Waals surface area (Å²) in [6.07, 6.45) is 0.961. The van der Waals surface area contributed by atoms with Gasteiger partial charge < -0.3 is 9.64 Å². The van der Waals surface area contributed by atoms with Gasteiger partial charge in [-0.25, -0.2) is 0 Å². The van der Waals surface area contributed by atoms with Gasteiger partial charge in [-0.1, -0.05) is 0 Å². The Morgan fingerprint density at radius 2 is 2.16 bits per heavy atom. The van der Waals surface area contributed by atoms with Gasteiger partial charge in [0.05, 0.1) is 12.0 Å². The van der Waals surface area contributed by atoms with Crippen molar-refractivity contribution < 1.29 is 14.3 Å². The molecule has 4 nitrogen and oxygen atoms in total. The molecule has 6 heteroatoms. The van der Waals surface area contributed by atoms with Crippen molar-refractivity contribution in [1.82, 2.24) is 4.90 Å². The zero-order valence-electron chi connectivity index (χ0n) is 10.8. The van der Waals surface area contributed by atoms with E-state index in [1.54, 1.807) is 23.3 Å². The molecule has 0 fully saturated rings. The summed E-state index contributed by atoms with van der Waals surface area (Å²) in [4.78, 5) is 25.6. The number of hydrogen-bond donors (Lipinski definition) is 0. The lowest BCUT2D eigenvalue weighted by Gasteiger charge is -2.15. The molecule has 0 aliphatic heterocycles. The zero-order chi connectivity index (χ0) is 13.8. The van der Waals surface area contributed by atoms with Crippen molar-refractivity contribution >= 4 is 43.9 Å². The molecule has 2 aromatic rings. The van der Waals surface area contributed by atoms with Gasteiger partial charge in [0.25, 0.3) is 5.91 Å². The second-order valence-electron chi connectivity index (χ2n) is 4.17. The molecule has 0 unspecified atom stereocenters. The van der Waals surface area contributed by atoms with Gasteiger partial charge in [-0.3, -0.25) is 9.59 Å². The molecule has 0 N–H and O–H groups in total. The molecule has 19 heavy (non-hydrogen) atoms. The van der Waals surface area contributed by atoms with Crippen LogP contribution in [-0.2, 0) is 9.53 Å². The van der Waals surface area contributed by atoms with Crippen molar-refractivity contribution in [3.05, 3.63) is 22.4 Å². The van der Waals surface area contributed by atoms with E-state index >= 15 is 0 Å². The van der Waals surface area contributed by atoms with Crippen LogP contribution in [0.25, 0.3) is 9.40 Å². The standard InChI is InChI=1S/C13H15NO3S2/c1-14(6-3-4-12(15)17-2)13(16)11-8-10-9(19-11)5-7-18-10/h5,7-8H,3-4,6H2,1-2H3. The summed E-state index contributed by atoms with van der Waals surface area (Å²) in [7, 11) is 3.13. The molecular weight excluding hydrogens is 282 g/mol. The Hall–Kier alpha value is -1.40. The van der Waals surface area contributed by atoms with Crippen LogP contribution in [0.5, 0.6) is 0 Å². The molecule has 0 aromatic carbocycles. The lowest BCUT2D eigenvalue weighted by atomic mass is 10.3. The van der Waals surface area contributed by atoms with E-state index in [1.807, 2.05) is 17.5 Å². The molecule has 0 spiro atoms. The van der Waals surface area contributed by atoms with Gasteiger partial charge in [0.15, 0.2) is 0 Å². The number of hydrogen-bond acceptors (Lipinski definition) is 5. The van der Waals surface area contributed by atoms with E-state index in [1.165, 1.54) is 18.4 Å². The first-order valence-electron chi connectivity index (χ1n) is 5.91. The first kappa shape index (κ1) is 14.0. The van der Waals surface area contributed by atoms with Crippen LogP contribution >= 0.6 is 22.7 Å². The van der Waals surface area contributed by atoms with Crippen LogP contribution in [0, 0.1) is 0 Å². The van der Waals surface area contributed by atoms with E-state index in [0.717, 1.165) is 14.3 Å². The normalized spacial score (nSPS) is 10.6. The molecule has 102 valence electrons. The fourth-order valence-corrected chi connectivity index (χ4v) is 3.83. The first-order valence-corrected chi connectivity index (χ1v) is 7.60. The van der Waals surface area contributed by atoms with Gasteiger partial charge >= 0.3 is 5.97 Å². The van der Waals surface area contributed by atoms with Gasteiger partial charge in [0, 0.05) is 29.4 Å². The highest BCUT2D eigenvalue weighted by molar-refractivity contribution is 7.27. The van der Waals surface area contributed by atoms with E-state index in [9.17, 15) is 9.59 Å². The van der Waals surface area contributed by atoms with Crippen LogP contribution in [0.2, 0.25) is 0 Å². The summed E-state index contributed by atoms with van der Waals surface area (Å²) in [5.74, 6) is -0.226. The number of methoxy groups -OCH3 is 1. The Morgan fingerprint density at radius 3 is 2.84 bits per heavy atom. The van der Waals surface area contributed by atoms with Gasteiger partial charge in [0.2, 0.25) is 0 Å². The maximum Gasteiger partial charge on any atom is 0.305 e. The molecule has 0 saturated heterocycles. The largest absolute Gasteiger partial charge is 0.469 e. The quantitative estimate of drug-likeness (QED) is 0.797. The smallest absolute Gasteiger partial charge is 0.305 e. The third-order valence-corrected chi connectivity index (χ3v) is 4.88. The highest BCUT2D eigenvalue weighted by Gasteiger charge is 2.15. The fraction of sp³-hybridized carbons (Fsp3) is 0.385. The second kappa shape index (κ2) is 6.16. The Labute approximate surface area is 119 Å². The second-order valence-corrected chi connectivity index (χ2v) is 6.20. The average Bonchev–Trinajstić information content (AvgIpc) is 2.98. The Morgan fingerprint density at radius 1 is 1.37 bits per heavy atom. The van der Waals surface area contributed by atoms with Crippen molar-refractivity contribution in [3.63, 3.8) is 0 Å². The lowest BCUT2D eigenvalue weighted by molar-refractivity contribution is -0.140. The number of amides is 1. The summed E-state index contributed by atoms with van der Waals surface area (Å²) in [5.41, 5.74) is 0. The number of thiophene rings is 2. The SMILES string of the molecule is COC(=O)CCCN(C)C(=O)c1cc2sccc2s1. The molecular formula is C13H15NO3S2. The minimum absolute atomic E-state index is 0.0123. The van der Waals surface area contributed by atoms with Crippen molar-refractivity contribution in [2.24, 2.45) is 0 Å².